The molecule has 3 fully saturated rings. The van der Waals surface area contributed by atoms with Gasteiger partial charge in [-0.1, -0.05) is 12.1 Å². The van der Waals surface area contributed by atoms with Gasteiger partial charge in [-0.2, -0.15) is 0 Å². The van der Waals surface area contributed by atoms with Gasteiger partial charge in [-0.05, 0) is 61.6 Å². The summed E-state index contributed by atoms with van der Waals surface area (Å²) in [6.45, 7) is 0. The first kappa shape index (κ1) is 13.7. The molecule has 4 rings (SSSR count). The number of methoxy groups -OCH3 is 1. The first-order valence-corrected chi connectivity index (χ1v) is 6.59. The second kappa shape index (κ2) is 4.75. The van der Waals surface area contributed by atoms with Crippen molar-refractivity contribution in [2.75, 3.05) is 7.11 Å². The molecule has 2 nitrogen and oxygen atoms in total. The van der Waals surface area contributed by atoms with Crippen molar-refractivity contribution in [1.29, 1.82) is 0 Å². The van der Waals surface area contributed by atoms with Crippen LogP contribution in [0.5, 0.6) is 5.75 Å². The monoisotopic (exact) mass is 267 g/mol. The summed E-state index contributed by atoms with van der Waals surface area (Å²) in [5.41, 5.74) is 8.42. The van der Waals surface area contributed by atoms with Crippen LogP contribution < -0.4 is 10.5 Å². The van der Waals surface area contributed by atoms with E-state index in [0.29, 0.717) is 5.41 Å². The Bertz CT molecular complexity index is 390. The molecule has 0 aliphatic heterocycles. The van der Waals surface area contributed by atoms with Crippen molar-refractivity contribution in [3.8, 4) is 5.75 Å². The fourth-order valence-electron chi connectivity index (χ4n) is 3.59. The smallest absolute Gasteiger partial charge is 0.118 e. The van der Waals surface area contributed by atoms with Crippen LogP contribution in [-0.4, -0.2) is 12.6 Å². The van der Waals surface area contributed by atoms with E-state index in [2.05, 4.69) is 24.3 Å². The molecule has 18 heavy (non-hydrogen) atoms. The van der Waals surface area contributed by atoms with Gasteiger partial charge >= 0.3 is 0 Å². The second-order valence-electron chi connectivity index (χ2n) is 5.87. The highest BCUT2D eigenvalue weighted by atomic mass is 35.5. The molecule has 100 valence electrons. The molecular weight excluding hydrogens is 246 g/mol. The summed E-state index contributed by atoms with van der Waals surface area (Å²) in [6, 6.07) is 8.66. The van der Waals surface area contributed by atoms with Gasteiger partial charge in [-0.25, -0.2) is 0 Å². The van der Waals surface area contributed by atoms with E-state index in [4.69, 9.17) is 10.5 Å². The number of fused-ring (bicyclic) bond motifs is 3. The largest absolute Gasteiger partial charge is 0.497 e. The molecule has 0 saturated heterocycles. The SMILES string of the molecule is COc1ccc(C23CCC(N)(CC2)CC3)cc1.Cl. The third-order valence-electron chi connectivity index (χ3n) is 5.01. The molecule has 3 aliphatic carbocycles. The Labute approximate surface area is 115 Å². The summed E-state index contributed by atoms with van der Waals surface area (Å²) in [6.07, 6.45) is 7.36. The zero-order chi connectivity index (χ0) is 11.9. The van der Waals surface area contributed by atoms with E-state index >= 15 is 0 Å². The molecule has 0 spiro atoms. The Kier molecular flexibility index (Phi) is 3.61. The fourth-order valence-corrected chi connectivity index (χ4v) is 3.59. The summed E-state index contributed by atoms with van der Waals surface area (Å²) >= 11 is 0. The van der Waals surface area contributed by atoms with Crippen molar-refractivity contribution in [2.24, 2.45) is 5.73 Å². The Morgan fingerprint density at radius 3 is 1.89 bits per heavy atom. The summed E-state index contributed by atoms with van der Waals surface area (Å²) in [4.78, 5) is 0. The Hall–Kier alpha value is -0.730. The van der Waals surface area contributed by atoms with E-state index < -0.39 is 0 Å². The maximum atomic E-state index is 6.36. The van der Waals surface area contributed by atoms with Gasteiger partial charge in [-0.3, -0.25) is 0 Å². The molecular formula is C15H22ClNO. The van der Waals surface area contributed by atoms with E-state index in [1.54, 1.807) is 7.11 Å². The summed E-state index contributed by atoms with van der Waals surface area (Å²) in [5, 5.41) is 0. The van der Waals surface area contributed by atoms with E-state index in [-0.39, 0.29) is 17.9 Å². The van der Waals surface area contributed by atoms with Gasteiger partial charge in [-0.15, -0.1) is 12.4 Å². The zero-order valence-electron chi connectivity index (χ0n) is 10.9. The molecule has 0 radical (unpaired) electrons. The molecule has 1 aromatic rings. The Balaban J connectivity index is 0.00000120. The first-order chi connectivity index (χ1) is 8.16. The summed E-state index contributed by atoms with van der Waals surface area (Å²) in [5.74, 6) is 0.949. The average molecular weight is 268 g/mol. The van der Waals surface area contributed by atoms with Crippen molar-refractivity contribution in [3.05, 3.63) is 29.8 Å². The molecule has 0 heterocycles. The van der Waals surface area contributed by atoms with E-state index in [9.17, 15) is 0 Å². The van der Waals surface area contributed by atoms with Gasteiger partial charge in [0.25, 0.3) is 0 Å². The van der Waals surface area contributed by atoms with Crippen molar-refractivity contribution in [3.63, 3.8) is 0 Å². The molecule has 0 atom stereocenters. The lowest BCUT2D eigenvalue weighted by Crippen LogP contribution is -2.53. The van der Waals surface area contributed by atoms with Gasteiger partial charge in [0.2, 0.25) is 0 Å². The van der Waals surface area contributed by atoms with Crippen molar-refractivity contribution in [1.82, 2.24) is 0 Å². The number of hydrogen-bond donors (Lipinski definition) is 1. The average Bonchev–Trinajstić information content (AvgIpc) is 2.40. The van der Waals surface area contributed by atoms with Crippen molar-refractivity contribution >= 4 is 12.4 Å². The van der Waals surface area contributed by atoms with Gasteiger partial charge in [0.05, 0.1) is 7.11 Å². The van der Waals surface area contributed by atoms with E-state index in [0.717, 1.165) is 5.75 Å². The van der Waals surface area contributed by atoms with Crippen LogP contribution in [-0.2, 0) is 5.41 Å². The predicted octanol–water partition coefficient (Wildman–Crippen LogP) is 3.42. The number of ether oxygens (including phenoxy) is 1. The molecule has 2 bridgehead atoms. The molecule has 3 aliphatic rings. The minimum atomic E-state index is 0. The molecule has 2 N–H and O–H groups in total. The molecule has 0 aromatic heterocycles. The van der Waals surface area contributed by atoms with Crippen LogP contribution >= 0.6 is 12.4 Å². The van der Waals surface area contributed by atoms with E-state index in [1.165, 1.54) is 44.1 Å². The number of nitrogens with two attached hydrogens (primary N) is 1. The lowest BCUT2D eigenvalue weighted by atomic mass is 9.55. The van der Waals surface area contributed by atoms with Gasteiger partial charge in [0.15, 0.2) is 0 Å². The third-order valence-corrected chi connectivity index (χ3v) is 5.01. The van der Waals surface area contributed by atoms with Crippen LogP contribution in [0.4, 0.5) is 0 Å². The highest BCUT2D eigenvalue weighted by molar-refractivity contribution is 5.85. The third kappa shape index (κ3) is 2.12. The topological polar surface area (TPSA) is 35.2 Å². The molecule has 3 saturated carbocycles. The normalized spacial score (nSPS) is 33.9. The predicted molar refractivity (Wildman–Crippen MR) is 76.5 cm³/mol. The van der Waals surface area contributed by atoms with Crippen LogP contribution in [0, 0.1) is 0 Å². The quantitative estimate of drug-likeness (QED) is 0.891. The molecule has 3 heteroatoms. The Morgan fingerprint density at radius 2 is 1.44 bits per heavy atom. The van der Waals surface area contributed by atoms with Crippen LogP contribution in [0.15, 0.2) is 24.3 Å². The van der Waals surface area contributed by atoms with Crippen LogP contribution in [0.25, 0.3) is 0 Å². The maximum Gasteiger partial charge on any atom is 0.118 e. The maximum absolute atomic E-state index is 6.36. The minimum Gasteiger partial charge on any atom is -0.497 e. The number of benzene rings is 1. The van der Waals surface area contributed by atoms with Crippen LogP contribution in [0.2, 0.25) is 0 Å². The first-order valence-electron chi connectivity index (χ1n) is 6.59. The highest BCUT2D eigenvalue weighted by Gasteiger charge is 2.47. The Morgan fingerprint density at radius 1 is 0.944 bits per heavy atom. The standard InChI is InChI=1S/C15H21NO.ClH/c1-17-13-4-2-12(3-5-13)14-6-9-15(16,10-7-14)11-8-14;/h2-5H,6-11,16H2,1H3;1H. The van der Waals surface area contributed by atoms with Gasteiger partial charge in [0, 0.05) is 5.54 Å². The zero-order valence-corrected chi connectivity index (χ0v) is 11.8. The van der Waals surface area contributed by atoms with Crippen LogP contribution in [0.1, 0.15) is 44.1 Å². The van der Waals surface area contributed by atoms with E-state index in [1.807, 2.05) is 0 Å². The molecule has 0 amide bonds. The molecule has 0 unspecified atom stereocenters. The highest BCUT2D eigenvalue weighted by Crippen LogP contribution is 2.52. The van der Waals surface area contributed by atoms with Crippen molar-refractivity contribution in [2.45, 2.75) is 49.5 Å². The number of hydrogen-bond acceptors (Lipinski definition) is 2. The fraction of sp³-hybridized carbons (Fsp3) is 0.600. The lowest BCUT2D eigenvalue weighted by Gasteiger charge is -2.52. The van der Waals surface area contributed by atoms with Gasteiger partial charge < -0.3 is 10.5 Å². The van der Waals surface area contributed by atoms with Gasteiger partial charge in [0.1, 0.15) is 5.75 Å². The number of halogens is 1. The lowest BCUT2D eigenvalue weighted by molar-refractivity contribution is 0.107. The molecule has 1 aromatic carbocycles. The van der Waals surface area contributed by atoms with Crippen LogP contribution in [0.3, 0.4) is 0 Å². The second-order valence-corrected chi connectivity index (χ2v) is 5.87. The summed E-state index contributed by atoms with van der Waals surface area (Å²) in [7, 11) is 1.72. The summed E-state index contributed by atoms with van der Waals surface area (Å²) < 4.78 is 5.23. The minimum absolute atomic E-state index is 0. The number of rotatable bonds is 2. The van der Waals surface area contributed by atoms with Crippen molar-refractivity contribution < 1.29 is 4.74 Å².